The topological polar surface area (TPSA) is 50.3 Å². The molecule has 22 heavy (non-hydrogen) atoms. The zero-order chi connectivity index (χ0) is 14.8. The van der Waals surface area contributed by atoms with Gasteiger partial charge in [-0.05, 0) is 36.4 Å². The molecule has 0 radical (unpaired) electrons. The zero-order valence-corrected chi connectivity index (χ0v) is 12.8. The fraction of sp³-hybridized carbons (Fsp3) is 0.176. The largest absolute Gasteiger partial charge is 0.486 e. The Balaban J connectivity index is 1.44. The van der Waals surface area contributed by atoms with E-state index in [1.807, 2.05) is 48.2 Å². The van der Waals surface area contributed by atoms with E-state index < -0.39 is 0 Å². The first-order chi connectivity index (χ1) is 10.9. The highest BCUT2D eigenvalue weighted by molar-refractivity contribution is 8.14. The van der Waals surface area contributed by atoms with Gasteiger partial charge in [-0.2, -0.15) is 0 Å². The van der Waals surface area contributed by atoms with Crippen LogP contribution in [0.25, 0.3) is 11.0 Å². The summed E-state index contributed by atoms with van der Waals surface area (Å²) in [6.07, 6.45) is 0. The number of nitrogens with zero attached hydrogens (tertiary/aromatic N) is 2. The number of H-pyrrole nitrogens is 1. The lowest BCUT2D eigenvalue weighted by atomic mass is 10.2. The van der Waals surface area contributed by atoms with Crippen molar-refractivity contribution in [2.24, 2.45) is 4.99 Å². The van der Waals surface area contributed by atoms with E-state index in [1.165, 1.54) is 5.56 Å². The molecule has 2 aromatic carbocycles. The van der Waals surface area contributed by atoms with Crippen LogP contribution in [0.1, 0.15) is 11.4 Å². The minimum atomic E-state index is 0.434. The molecule has 1 aliphatic rings. The SMILES string of the molecule is c1ccc2[nH]c(COc3ccc(C4=NCCS4)cc3)nc2c1. The molecule has 0 saturated heterocycles. The Labute approximate surface area is 132 Å². The highest BCUT2D eigenvalue weighted by Gasteiger charge is 2.09. The fourth-order valence-corrected chi connectivity index (χ4v) is 3.29. The molecule has 4 rings (SSSR count). The summed E-state index contributed by atoms with van der Waals surface area (Å²) in [7, 11) is 0. The van der Waals surface area contributed by atoms with Crippen LogP contribution < -0.4 is 4.74 Å². The summed E-state index contributed by atoms with van der Waals surface area (Å²) in [5.41, 5.74) is 3.17. The Hall–Kier alpha value is -2.27. The number of hydrogen-bond donors (Lipinski definition) is 1. The lowest BCUT2D eigenvalue weighted by Gasteiger charge is -2.05. The number of thioether (sulfide) groups is 1. The number of aromatic amines is 1. The van der Waals surface area contributed by atoms with Gasteiger partial charge < -0.3 is 9.72 Å². The average molecular weight is 309 g/mol. The second-order valence-electron chi connectivity index (χ2n) is 5.05. The molecule has 0 spiro atoms. The first kappa shape index (κ1) is 13.4. The van der Waals surface area contributed by atoms with Crippen LogP contribution in [0.2, 0.25) is 0 Å². The Morgan fingerprint density at radius 3 is 2.73 bits per heavy atom. The van der Waals surface area contributed by atoms with Crippen LogP contribution in [-0.4, -0.2) is 27.3 Å². The van der Waals surface area contributed by atoms with Gasteiger partial charge in [-0.15, -0.1) is 11.8 Å². The van der Waals surface area contributed by atoms with E-state index in [-0.39, 0.29) is 0 Å². The molecular weight excluding hydrogens is 294 g/mol. The summed E-state index contributed by atoms with van der Waals surface area (Å²) in [6, 6.07) is 16.1. The van der Waals surface area contributed by atoms with Gasteiger partial charge in [-0.25, -0.2) is 4.98 Å². The monoisotopic (exact) mass is 309 g/mol. The van der Waals surface area contributed by atoms with Crippen molar-refractivity contribution in [3.63, 3.8) is 0 Å². The molecule has 0 amide bonds. The molecule has 1 aromatic heterocycles. The Bertz CT molecular complexity index is 790. The maximum Gasteiger partial charge on any atom is 0.146 e. The lowest BCUT2D eigenvalue weighted by Crippen LogP contribution is -1.98. The van der Waals surface area contributed by atoms with Crippen LogP contribution in [-0.2, 0) is 6.61 Å². The first-order valence-electron chi connectivity index (χ1n) is 7.22. The predicted octanol–water partition coefficient (Wildman–Crippen LogP) is 3.64. The highest BCUT2D eigenvalue weighted by atomic mass is 32.2. The minimum Gasteiger partial charge on any atom is -0.486 e. The molecule has 0 atom stereocenters. The van der Waals surface area contributed by atoms with E-state index in [0.717, 1.165) is 39.9 Å². The second kappa shape index (κ2) is 5.85. The molecule has 4 nitrogen and oxygen atoms in total. The molecule has 0 fully saturated rings. The third-order valence-electron chi connectivity index (χ3n) is 3.50. The van der Waals surface area contributed by atoms with E-state index in [9.17, 15) is 0 Å². The van der Waals surface area contributed by atoms with Gasteiger partial charge in [-0.3, -0.25) is 4.99 Å². The van der Waals surface area contributed by atoms with Crippen LogP contribution in [0.4, 0.5) is 0 Å². The molecule has 1 aliphatic heterocycles. The second-order valence-corrected chi connectivity index (χ2v) is 6.13. The number of hydrogen-bond acceptors (Lipinski definition) is 4. The van der Waals surface area contributed by atoms with Crippen molar-refractivity contribution in [1.29, 1.82) is 0 Å². The van der Waals surface area contributed by atoms with Gasteiger partial charge in [0.2, 0.25) is 0 Å². The summed E-state index contributed by atoms with van der Waals surface area (Å²) in [5.74, 6) is 2.76. The molecule has 0 aliphatic carbocycles. The van der Waals surface area contributed by atoms with E-state index in [1.54, 1.807) is 0 Å². The quantitative estimate of drug-likeness (QED) is 0.800. The number of ether oxygens (including phenoxy) is 1. The van der Waals surface area contributed by atoms with Gasteiger partial charge in [0.05, 0.1) is 16.1 Å². The van der Waals surface area contributed by atoms with E-state index >= 15 is 0 Å². The highest BCUT2D eigenvalue weighted by Crippen LogP contribution is 2.22. The number of benzene rings is 2. The van der Waals surface area contributed by atoms with E-state index in [4.69, 9.17) is 4.74 Å². The lowest BCUT2D eigenvalue weighted by molar-refractivity contribution is 0.297. The van der Waals surface area contributed by atoms with Crippen LogP contribution in [0.5, 0.6) is 5.75 Å². The zero-order valence-electron chi connectivity index (χ0n) is 12.0. The number of para-hydroxylation sites is 2. The van der Waals surface area contributed by atoms with E-state index in [2.05, 4.69) is 27.1 Å². The first-order valence-corrected chi connectivity index (χ1v) is 8.21. The standard InChI is InChI=1S/C17H15N3OS/c1-2-4-15-14(3-1)19-16(20-15)11-21-13-7-5-12(6-8-13)17-18-9-10-22-17/h1-8H,9-11H2,(H,19,20). The molecular formula is C17H15N3OS. The number of nitrogens with one attached hydrogen (secondary N) is 1. The molecule has 0 bridgehead atoms. The summed E-state index contributed by atoms with van der Waals surface area (Å²) in [5, 5.41) is 1.13. The Morgan fingerprint density at radius 2 is 1.95 bits per heavy atom. The number of fused-ring (bicyclic) bond motifs is 1. The normalized spacial score (nSPS) is 14.3. The molecule has 2 heterocycles. The smallest absolute Gasteiger partial charge is 0.146 e. The van der Waals surface area contributed by atoms with Crippen molar-refractivity contribution < 1.29 is 4.74 Å². The number of aromatic nitrogens is 2. The molecule has 110 valence electrons. The Kier molecular flexibility index (Phi) is 3.56. The summed E-state index contributed by atoms with van der Waals surface area (Å²) in [4.78, 5) is 12.2. The van der Waals surface area contributed by atoms with Gasteiger partial charge >= 0.3 is 0 Å². The predicted molar refractivity (Wildman–Crippen MR) is 90.7 cm³/mol. The van der Waals surface area contributed by atoms with Crippen molar-refractivity contribution in [2.45, 2.75) is 6.61 Å². The fourth-order valence-electron chi connectivity index (χ4n) is 2.43. The van der Waals surface area contributed by atoms with Gasteiger partial charge in [0.15, 0.2) is 0 Å². The molecule has 3 aromatic rings. The third kappa shape index (κ3) is 2.72. The van der Waals surface area contributed by atoms with E-state index in [0.29, 0.717) is 6.61 Å². The van der Waals surface area contributed by atoms with Gasteiger partial charge in [0.25, 0.3) is 0 Å². The van der Waals surface area contributed by atoms with Crippen molar-refractivity contribution in [1.82, 2.24) is 9.97 Å². The molecule has 5 heteroatoms. The van der Waals surface area contributed by atoms with Crippen LogP contribution in [0, 0.1) is 0 Å². The van der Waals surface area contributed by atoms with Crippen LogP contribution in [0.3, 0.4) is 0 Å². The summed E-state index contributed by atoms with van der Waals surface area (Å²) < 4.78 is 5.80. The Morgan fingerprint density at radius 1 is 1.09 bits per heavy atom. The summed E-state index contributed by atoms with van der Waals surface area (Å²) in [6.45, 7) is 1.36. The average Bonchev–Trinajstić information content (AvgIpc) is 3.22. The van der Waals surface area contributed by atoms with Gasteiger partial charge in [0, 0.05) is 17.9 Å². The summed E-state index contributed by atoms with van der Waals surface area (Å²) >= 11 is 1.81. The van der Waals surface area contributed by atoms with Crippen molar-refractivity contribution in [3.05, 3.63) is 59.9 Å². The molecule has 1 N–H and O–H groups in total. The van der Waals surface area contributed by atoms with Gasteiger partial charge in [0.1, 0.15) is 18.2 Å². The minimum absolute atomic E-state index is 0.434. The van der Waals surface area contributed by atoms with Crippen molar-refractivity contribution in [2.75, 3.05) is 12.3 Å². The maximum absolute atomic E-state index is 5.80. The maximum atomic E-state index is 5.80. The van der Waals surface area contributed by atoms with Crippen molar-refractivity contribution in [3.8, 4) is 5.75 Å². The van der Waals surface area contributed by atoms with Crippen molar-refractivity contribution >= 4 is 27.8 Å². The molecule has 0 saturated carbocycles. The number of imidazole rings is 1. The number of rotatable bonds is 4. The third-order valence-corrected chi connectivity index (χ3v) is 4.53. The van der Waals surface area contributed by atoms with Crippen LogP contribution in [0.15, 0.2) is 53.5 Å². The van der Waals surface area contributed by atoms with Crippen LogP contribution >= 0.6 is 11.8 Å². The number of aliphatic imine (C=N–C) groups is 1. The molecule has 0 unspecified atom stereocenters. The van der Waals surface area contributed by atoms with Gasteiger partial charge in [-0.1, -0.05) is 12.1 Å².